The van der Waals surface area contributed by atoms with Gasteiger partial charge in [-0.25, -0.2) is 4.98 Å². The summed E-state index contributed by atoms with van der Waals surface area (Å²) in [6.45, 7) is 2.04. The number of hydrogen-bond acceptors (Lipinski definition) is 6. The van der Waals surface area contributed by atoms with Gasteiger partial charge < -0.3 is 5.32 Å². The topological polar surface area (TPSA) is 85.6 Å². The van der Waals surface area contributed by atoms with Gasteiger partial charge in [-0.05, 0) is 54.5 Å². The molecule has 1 aliphatic rings. The second-order valence-electron chi connectivity index (χ2n) is 7.32. The predicted molar refractivity (Wildman–Crippen MR) is 116 cm³/mol. The lowest BCUT2D eigenvalue weighted by molar-refractivity contribution is 0.0952. The Labute approximate surface area is 177 Å². The molecule has 2 heterocycles. The first kappa shape index (κ1) is 18.7. The van der Waals surface area contributed by atoms with Crippen molar-refractivity contribution in [3.8, 4) is 5.69 Å². The maximum absolute atomic E-state index is 12.8. The summed E-state index contributed by atoms with van der Waals surface area (Å²) in [6, 6.07) is 19.7. The minimum Gasteiger partial charge on any atom is -0.349 e. The summed E-state index contributed by atoms with van der Waals surface area (Å²) >= 11 is 1.54. The minimum absolute atomic E-state index is 0.0419. The van der Waals surface area contributed by atoms with Gasteiger partial charge >= 0.3 is 0 Å². The SMILES string of the molecule is CC(Sc1cc(C(=O)NC2CC2)c2ccccc2n1)c1nnnn1-c1ccccc1. The summed E-state index contributed by atoms with van der Waals surface area (Å²) in [4.78, 5) is 17.6. The number of nitrogens with zero attached hydrogens (tertiary/aromatic N) is 5. The number of fused-ring (bicyclic) bond motifs is 1. The molecule has 0 radical (unpaired) electrons. The number of nitrogens with one attached hydrogen (secondary N) is 1. The van der Waals surface area contributed by atoms with Gasteiger partial charge in [0.05, 0.1) is 27.0 Å². The molecule has 1 aliphatic carbocycles. The van der Waals surface area contributed by atoms with E-state index in [0.717, 1.165) is 40.3 Å². The first-order chi connectivity index (χ1) is 14.7. The first-order valence-electron chi connectivity index (χ1n) is 9.90. The lowest BCUT2D eigenvalue weighted by Crippen LogP contribution is -2.25. The number of carbonyl (C=O) groups is 1. The average molecular weight is 417 g/mol. The van der Waals surface area contributed by atoms with Gasteiger partial charge in [0.2, 0.25) is 0 Å². The van der Waals surface area contributed by atoms with E-state index in [2.05, 4.69) is 20.8 Å². The monoisotopic (exact) mass is 416 g/mol. The van der Waals surface area contributed by atoms with Crippen LogP contribution in [-0.4, -0.2) is 37.1 Å². The van der Waals surface area contributed by atoms with Crippen molar-refractivity contribution >= 4 is 28.6 Å². The zero-order valence-electron chi connectivity index (χ0n) is 16.4. The Morgan fingerprint density at radius 3 is 2.70 bits per heavy atom. The molecule has 8 heteroatoms. The predicted octanol–water partition coefficient (Wildman–Crippen LogP) is 3.96. The van der Waals surface area contributed by atoms with Crippen molar-refractivity contribution in [2.75, 3.05) is 0 Å². The van der Waals surface area contributed by atoms with Crippen LogP contribution in [0.25, 0.3) is 16.6 Å². The standard InChI is InChI=1S/C22H20N6OS/c1-14(21-25-26-27-28(21)16-7-3-2-4-8-16)30-20-13-18(22(29)23-15-11-12-15)17-9-5-6-10-19(17)24-20/h2-10,13-15H,11-12H2,1H3,(H,23,29). The molecule has 1 saturated carbocycles. The number of benzene rings is 2. The molecule has 30 heavy (non-hydrogen) atoms. The molecule has 0 bridgehead atoms. The normalized spacial score (nSPS) is 14.6. The highest BCUT2D eigenvalue weighted by Gasteiger charge is 2.25. The van der Waals surface area contributed by atoms with Crippen LogP contribution in [0.15, 0.2) is 65.7 Å². The van der Waals surface area contributed by atoms with E-state index in [1.54, 1.807) is 4.68 Å². The molecule has 2 aromatic carbocycles. The van der Waals surface area contributed by atoms with Gasteiger partial charge in [0, 0.05) is 11.4 Å². The number of amides is 1. The summed E-state index contributed by atoms with van der Waals surface area (Å²) in [5.41, 5.74) is 2.36. The van der Waals surface area contributed by atoms with Crippen molar-refractivity contribution < 1.29 is 4.79 Å². The molecular weight excluding hydrogens is 396 g/mol. The molecule has 0 aliphatic heterocycles. The second kappa shape index (κ2) is 7.87. The fourth-order valence-electron chi connectivity index (χ4n) is 3.32. The summed E-state index contributed by atoms with van der Waals surface area (Å²) in [7, 11) is 0. The Morgan fingerprint density at radius 1 is 1.13 bits per heavy atom. The van der Waals surface area contributed by atoms with Crippen LogP contribution in [0.2, 0.25) is 0 Å². The Kier molecular flexibility index (Phi) is 4.92. The van der Waals surface area contributed by atoms with E-state index in [0.29, 0.717) is 11.6 Å². The molecule has 150 valence electrons. The molecular formula is C22H20N6OS. The van der Waals surface area contributed by atoms with Crippen molar-refractivity contribution in [3.63, 3.8) is 0 Å². The lowest BCUT2D eigenvalue weighted by Gasteiger charge is -2.13. The molecule has 1 fully saturated rings. The minimum atomic E-state index is -0.0618. The lowest BCUT2D eigenvalue weighted by atomic mass is 10.1. The van der Waals surface area contributed by atoms with Crippen molar-refractivity contribution in [2.45, 2.75) is 36.1 Å². The van der Waals surface area contributed by atoms with Gasteiger partial charge in [0.25, 0.3) is 5.91 Å². The zero-order chi connectivity index (χ0) is 20.5. The van der Waals surface area contributed by atoms with Crippen LogP contribution in [-0.2, 0) is 0 Å². The van der Waals surface area contributed by atoms with Crippen LogP contribution >= 0.6 is 11.8 Å². The second-order valence-corrected chi connectivity index (χ2v) is 8.68. The largest absolute Gasteiger partial charge is 0.349 e. The fourth-order valence-corrected chi connectivity index (χ4v) is 4.28. The maximum atomic E-state index is 12.8. The molecule has 2 aromatic heterocycles. The highest BCUT2D eigenvalue weighted by atomic mass is 32.2. The molecule has 1 N–H and O–H groups in total. The Bertz CT molecular complexity index is 1200. The highest BCUT2D eigenvalue weighted by molar-refractivity contribution is 7.99. The van der Waals surface area contributed by atoms with Gasteiger partial charge in [0.1, 0.15) is 0 Å². The highest BCUT2D eigenvalue weighted by Crippen LogP contribution is 2.35. The van der Waals surface area contributed by atoms with Crippen LogP contribution < -0.4 is 5.32 Å². The quantitative estimate of drug-likeness (QED) is 0.479. The molecule has 1 unspecified atom stereocenters. The molecule has 0 spiro atoms. The third kappa shape index (κ3) is 3.78. The number of hydrogen-bond donors (Lipinski definition) is 1. The van der Waals surface area contributed by atoms with Crippen molar-refractivity contribution in [2.24, 2.45) is 0 Å². The molecule has 1 atom stereocenters. The number of thioether (sulfide) groups is 1. The Morgan fingerprint density at radius 2 is 1.90 bits per heavy atom. The van der Waals surface area contributed by atoms with E-state index in [9.17, 15) is 4.79 Å². The maximum Gasteiger partial charge on any atom is 0.252 e. The summed E-state index contributed by atoms with van der Waals surface area (Å²) in [5, 5.41) is 16.9. The molecule has 5 rings (SSSR count). The van der Waals surface area contributed by atoms with Gasteiger partial charge in [-0.2, -0.15) is 4.68 Å². The number of aromatic nitrogens is 5. The van der Waals surface area contributed by atoms with Gasteiger partial charge in [-0.3, -0.25) is 4.79 Å². The van der Waals surface area contributed by atoms with Crippen LogP contribution in [0.5, 0.6) is 0 Å². The number of pyridine rings is 1. The zero-order valence-corrected chi connectivity index (χ0v) is 17.2. The van der Waals surface area contributed by atoms with E-state index in [1.165, 1.54) is 11.8 Å². The summed E-state index contributed by atoms with van der Waals surface area (Å²) < 4.78 is 1.74. The van der Waals surface area contributed by atoms with E-state index in [1.807, 2.05) is 67.6 Å². The van der Waals surface area contributed by atoms with Gasteiger partial charge in [-0.15, -0.1) is 5.10 Å². The Hall–Kier alpha value is -3.26. The van der Waals surface area contributed by atoms with Gasteiger partial charge in [0.15, 0.2) is 5.82 Å². The third-order valence-corrected chi connectivity index (χ3v) is 6.02. The van der Waals surface area contributed by atoms with E-state index in [-0.39, 0.29) is 11.2 Å². The fraction of sp³-hybridized carbons (Fsp3) is 0.227. The third-order valence-electron chi connectivity index (χ3n) is 5.01. The summed E-state index contributed by atoms with van der Waals surface area (Å²) in [6.07, 6.45) is 2.10. The molecule has 4 aromatic rings. The van der Waals surface area contributed by atoms with Crippen molar-refractivity contribution in [1.29, 1.82) is 0 Å². The van der Waals surface area contributed by atoms with Crippen molar-refractivity contribution in [1.82, 2.24) is 30.5 Å². The van der Waals surface area contributed by atoms with E-state index >= 15 is 0 Å². The average Bonchev–Trinajstić information content (AvgIpc) is 3.44. The van der Waals surface area contributed by atoms with E-state index in [4.69, 9.17) is 4.98 Å². The van der Waals surface area contributed by atoms with Crippen LogP contribution in [0, 0.1) is 0 Å². The summed E-state index contributed by atoms with van der Waals surface area (Å²) in [5.74, 6) is 0.685. The number of tetrazole rings is 1. The Balaban J connectivity index is 1.47. The van der Waals surface area contributed by atoms with Crippen LogP contribution in [0.1, 0.15) is 41.2 Å². The first-order valence-corrected chi connectivity index (χ1v) is 10.8. The van der Waals surface area contributed by atoms with Crippen LogP contribution in [0.3, 0.4) is 0 Å². The van der Waals surface area contributed by atoms with Gasteiger partial charge in [-0.1, -0.05) is 48.2 Å². The molecule has 1 amide bonds. The smallest absolute Gasteiger partial charge is 0.252 e. The molecule has 7 nitrogen and oxygen atoms in total. The number of carbonyl (C=O) groups excluding carboxylic acids is 1. The van der Waals surface area contributed by atoms with Crippen molar-refractivity contribution in [3.05, 3.63) is 72.1 Å². The van der Waals surface area contributed by atoms with E-state index < -0.39 is 0 Å². The molecule has 0 saturated heterocycles. The number of rotatable bonds is 6. The number of para-hydroxylation sites is 2. The van der Waals surface area contributed by atoms with Crippen LogP contribution in [0.4, 0.5) is 0 Å².